The van der Waals surface area contributed by atoms with Gasteiger partial charge in [-0.25, -0.2) is 0 Å². The summed E-state index contributed by atoms with van der Waals surface area (Å²) in [6, 6.07) is 9.60. The maximum atomic E-state index is 3.48. The van der Waals surface area contributed by atoms with Gasteiger partial charge in [0.15, 0.2) is 0 Å². The topological polar surface area (TPSA) is 15.3 Å². The summed E-state index contributed by atoms with van der Waals surface area (Å²) < 4.78 is 0. The molecule has 0 amide bonds. The zero-order valence-electron chi connectivity index (χ0n) is 11.1. The molecule has 1 atom stereocenters. The Morgan fingerprint density at radius 2 is 2.18 bits per heavy atom. The maximum Gasteiger partial charge on any atom is 0.0233 e. The summed E-state index contributed by atoms with van der Waals surface area (Å²) in [6.45, 7) is 5.60. The zero-order valence-corrected chi connectivity index (χ0v) is 11.1. The van der Waals surface area contributed by atoms with Gasteiger partial charge in [0.25, 0.3) is 0 Å². The van der Waals surface area contributed by atoms with Gasteiger partial charge in [-0.05, 0) is 51.9 Å². The van der Waals surface area contributed by atoms with Gasteiger partial charge in [-0.1, -0.05) is 29.8 Å². The van der Waals surface area contributed by atoms with Gasteiger partial charge in [0.2, 0.25) is 0 Å². The monoisotopic (exact) mass is 232 g/mol. The van der Waals surface area contributed by atoms with Crippen molar-refractivity contribution < 1.29 is 0 Å². The summed E-state index contributed by atoms with van der Waals surface area (Å²) in [5, 5.41) is 3.48. The molecule has 0 aromatic heterocycles. The standard InChI is InChI=1S/C15H24N2/c1-13-5-3-6-14(11-13)12-17(2)15-7-4-9-16-10-8-15/h3,5-6,11,15-16H,4,7-10,12H2,1-2H3. The molecule has 0 radical (unpaired) electrons. The van der Waals surface area contributed by atoms with Crippen molar-refractivity contribution in [1.82, 2.24) is 10.2 Å². The first kappa shape index (κ1) is 12.6. The fraction of sp³-hybridized carbons (Fsp3) is 0.600. The van der Waals surface area contributed by atoms with Crippen molar-refractivity contribution in [3.63, 3.8) is 0 Å². The van der Waals surface area contributed by atoms with Gasteiger partial charge >= 0.3 is 0 Å². The van der Waals surface area contributed by atoms with Crippen molar-refractivity contribution in [2.45, 2.75) is 38.8 Å². The van der Waals surface area contributed by atoms with Crippen LogP contribution in [0.4, 0.5) is 0 Å². The second kappa shape index (κ2) is 6.18. The fourth-order valence-corrected chi connectivity index (χ4v) is 2.67. The Morgan fingerprint density at radius 1 is 1.29 bits per heavy atom. The minimum Gasteiger partial charge on any atom is -0.317 e. The lowest BCUT2D eigenvalue weighted by atomic mass is 10.1. The van der Waals surface area contributed by atoms with E-state index in [-0.39, 0.29) is 0 Å². The number of benzene rings is 1. The number of nitrogens with zero attached hydrogens (tertiary/aromatic N) is 1. The van der Waals surface area contributed by atoms with Crippen molar-refractivity contribution in [3.05, 3.63) is 35.4 Å². The largest absolute Gasteiger partial charge is 0.317 e. The minimum atomic E-state index is 0.741. The van der Waals surface area contributed by atoms with E-state index in [4.69, 9.17) is 0 Å². The molecule has 1 fully saturated rings. The average Bonchev–Trinajstić information content (AvgIpc) is 2.57. The molecule has 1 unspecified atom stereocenters. The van der Waals surface area contributed by atoms with Crippen molar-refractivity contribution in [1.29, 1.82) is 0 Å². The predicted molar refractivity (Wildman–Crippen MR) is 73.2 cm³/mol. The lowest BCUT2D eigenvalue weighted by Crippen LogP contribution is -2.32. The fourth-order valence-electron chi connectivity index (χ4n) is 2.67. The van der Waals surface area contributed by atoms with E-state index in [2.05, 4.69) is 48.5 Å². The van der Waals surface area contributed by atoms with Crippen LogP contribution in [-0.4, -0.2) is 31.1 Å². The van der Waals surface area contributed by atoms with E-state index < -0.39 is 0 Å². The number of hydrogen-bond donors (Lipinski definition) is 1. The third kappa shape index (κ3) is 3.83. The van der Waals surface area contributed by atoms with Gasteiger partial charge in [-0.2, -0.15) is 0 Å². The van der Waals surface area contributed by atoms with Gasteiger partial charge in [0.1, 0.15) is 0 Å². The smallest absolute Gasteiger partial charge is 0.0233 e. The lowest BCUT2D eigenvalue weighted by molar-refractivity contribution is 0.216. The third-order valence-corrected chi connectivity index (χ3v) is 3.68. The Kier molecular flexibility index (Phi) is 4.57. The van der Waals surface area contributed by atoms with Gasteiger partial charge in [0, 0.05) is 12.6 Å². The lowest BCUT2D eigenvalue weighted by Gasteiger charge is -2.27. The van der Waals surface area contributed by atoms with Gasteiger partial charge in [-0.3, -0.25) is 4.90 Å². The molecule has 1 aromatic rings. The first-order valence-corrected chi connectivity index (χ1v) is 6.72. The number of rotatable bonds is 3. The summed E-state index contributed by atoms with van der Waals surface area (Å²) in [4.78, 5) is 2.52. The second-order valence-corrected chi connectivity index (χ2v) is 5.24. The van der Waals surface area contributed by atoms with Gasteiger partial charge in [-0.15, -0.1) is 0 Å². The second-order valence-electron chi connectivity index (χ2n) is 5.24. The first-order valence-electron chi connectivity index (χ1n) is 6.72. The molecule has 1 aliphatic rings. The van der Waals surface area contributed by atoms with Crippen LogP contribution >= 0.6 is 0 Å². The quantitative estimate of drug-likeness (QED) is 0.861. The van der Waals surface area contributed by atoms with Crippen LogP contribution in [0, 0.1) is 6.92 Å². The Balaban J connectivity index is 1.93. The third-order valence-electron chi connectivity index (χ3n) is 3.68. The molecule has 1 N–H and O–H groups in total. The summed E-state index contributed by atoms with van der Waals surface area (Å²) in [5.74, 6) is 0. The van der Waals surface area contributed by atoms with E-state index >= 15 is 0 Å². The van der Waals surface area contributed by atoms with Crippen LogP contribution in [0.25, 0.3) is 0 Å². The highest BCUT2D eigenvalue weighted by atomic mass is 15.1. The van der Waals surface area contributed by atoms with E-state index in [1.807, 2.05) is 0 Å². The zero-order chi connectivity index (χ0) is 12.1. The number of aryl methyl sites for hydroxylation is 1. The summed E-state index contributed by atoms with van der Waals surface area (Å²) in [6.07, 6.45) is 3.92. The van der Waals surface area contributed by atoms with Crippen molar-refractivity contribution in [2.75, 3.05) is 20.1 Å². The molecule has 2 heteroatoms. The molecule has 2 rings (SSSR count). The molecular formula is C15H24N2. The Labute approximate surface area is 105 Å². The molecule has 94 valence electrons. The van der Waals surface area contributed by atoms with Crippen molar-refractivity contribution in [3.8, 4) is 0 Å². The van der Waals surface area contributed by atoms with Crippen LogP contribution in [0.1, 0.15) is 30.4 Å². The Morgan fingerprint density at radius 3 is 3.00 bits per heavy atom. The van der Waals surface area contributed by atoms with Gasteiger partial charge in [0.05, 0.1) is 0 Å². The molecule has 1 aromatic carbocycles. The van der Waals surface area contributed by atoms with Crippen LogP contribution in [0.5, 0.6) is 0 Å². The number of hydrogen-bond acceptors (Lipinski definition) is 2. The van der Waals surface area contributed by atoms with Crippen LogP contribution in [0.2, 0.25) is 0 Å². The summed E-state index contributed by atoms with van der Waals surface area (Å²) in [5.41, 5.74) is 2.79. The Hall–Kier alpha value is -0.860. The van der Waals surface area contributed by atoms with Crippen LogP contribution < -0.4 is 5.32 Å². The minimum absolute atomic E-state index is 0.741. The SMILES string of the molecule is Cc1cccc(CN(C)C2CCCNCC2)c1. The van der Waals surface area contributed by atoms with E-state index in [0.717, 1.165) is 12.6 Å². The molecule has 0 bridgehead atoms. The molecule has 0 saturated carbocycles. The van der Waals surface area contributed by atoms with Crippen LogP contribution in [0.15, 0.2) is 24.3 Å². The van der Waals surface area contributed by atoms with E-state index in [1.165, 1.54) is 43.5 Å². The average molecular weight is 232 g/mol. The van der Waals surface area contributed by atoms with Crippen molar-refractivity contribution >= 4 is 0 Å². The molecule has 0 aliphatic carbocycles. The summed E-state index contributed by atoms with van der Waals surface area (Å²) >= 11 is 0. The predicted octanol–water partition coefficient (Wildman–Crippen LogP) is 2.57. The molecule has 2 nitrogen and oxygen atoms in total. The highest BCUT2D eigenvalue weighted by Crippen LogP contribution is 2.15. The van der Waals surface area contributed by atoms with E-state index in [0.29, 0.717) is 0 Å². The van der Waals surface area contributed by atoms with E-state index in [9.17, 15) is 0 Å². The van der Waals surface area contributed by atoms with E-state index in [1.54, 1.807) is 0 Å². The molecule has 1 heterocycles. The Bertz CT molecular complexity index is 341. The van der Waals surface area contributed by atoms with Crippen LogP contribution in [-0.2, 0) is 6.54 Å². The highest BCUT2D eigenvalue weighted by Gasteiger charge is 2.16. The summed E-state index contributed by atoms with van der Waals surface area (Å²) in [7, 11) is 2.26. The molecule has 0 spiro atoms. The molecule has 1 aliphatic heterocycles. The van der Waals surface area contributed by atoms with Crippen molar-refractivity contribution in [2.24, 2.45) is 0 Å². The van der Waals surface area contributed by atoms with Crippen LogP contribution in [0.3, 0.4) is 0 Å². The maximum absolute atomic E-state index is 3.48. The highest BCUT2D eigenvalue weighted by molar-refractivity contribution is 5.22. The van der Waals surface area contributed by atoms with Gasteiger partial charge < -0.3 is 5.32 Å². The normalized spacial score (nSPS) is 21.5. The first-order chi connectivity index (χ1) is 8.25. The molecular weight excluding hydrogens is 208 g/mol. The number of nitrogens with one attached hydrogen (secondary N) is 1. The molecule has 17 heavy (non-hydrogen) atoms. The molecule has 1 saturated heterocycles.